The van der Waals surface area contributed by atoms with Crippen LogP contribution in [0.5, 0.6) is 11.5 Å². The van der Waals surface area contributed by atoms with Gasteiger partial charge >= 0.3 is 5.97 Å². The lowest BCUT2D eigenvalue weighted by Gasteiger charge is -2.35. The van der Waals surface area contributed by atoms with Crippen molar-refractivity contribution in [3.8, 4) is 11.5 Å². The molecule has 0 aliphatic rings. The van der Waals surface area contributed by atoms with E-state index >= 15 is 0 Å². The quantitative estimate of drug-likeness (QED) is 0.0999. The molecule has 0 unspecified atom stereocenters. The molecule has 0 heterocycles. The minimum atomic E-state index is -1.23. The van der Waals surface area contributed by atoms with Gasteiger partial charge in [-0.25, -0.2) is 4.79 Å². The standard InChI is InChI=1S/C43H47N3O7/c1-4-5-7-11-30-14-10-15-32(26-30)20-25-40(49)44-37(27-33-16-21-35(47)22-17-33)41(50)45(2)38(28-34-18-23-36(48)24-19-34)42(51)46(3)39(43(52)53)29-31-12-8-6-9-13-31/h6-26,37-39,47-48H,4-5,27-29H2,1-3H3,(H,44,49)(H,52,53)/b11-7+,25-20+/t37-,38-,39-/m0/s1. The predicted molar refractivity (Wildman–Crippen MR) is 206 cm³/mol. The van der Waals surface area contributed by atoms with Gasteiger partial charge in [0, 0.05) is 39.4 Å². The van der Waals surface area contributed by atoms with Crippen molar-refractivity contribution in [1.29, 1.82) is 0 Å². The van der Waals surface area contributed by atoms with Crippen LogP contribution in [0.15, 0.2) is 115 Å². The normalized spacial score (nSPS) is 13.0. The zero-order valence-corrected chi connectivity index (χ0v) is 30.3. The van der Waals surface area contributed by atoms with Crippen LogP contribution in [0.3, 0.4) is 0 Å². The number of aromatic hydroxyl groups is 2. The maximum Gasteiger partial charge on any atom is 0.326 e. The zero-order chi connectivity index (χ0) is 38.3. The van der Waals surface area contributed by atoms with E-state index in [-0.39, 0.29) is 30.8 Å². The second kappa shape index (κ2) is 19.4. The Morgan fingerprint density at radius 1 is 0.660 bits per heavy atom. The Hall–Kier alpha value is -6.16. The summed E-state index contributed by atoms with van der Waals surface area (Å²) in [5, 5.41) is 32.7. The summed E-state index contributed by atoms with van der Waals surface area (Å²) in [5.41, 5.74) is 3.79. The molecule has 10 heteroatoms. The van der Waals surface area contributed by atoms with Gasteiger partial charge in [-0.05, 0) is 70.6 Å². The highest BCUT2D eigenvalue weighted by molar-refractivity contribution is 5.97. The fourth-order valence-corrected chi connectivity index (χ4v) is 5.87. The second-order valence-electron chi connectivity index (χ2n) is 13.0. The minimum absolute atomic E-state index is 0.00614. The molecule has 4 aromatic carbocycles. The highest BCUT2D eigenvalue weighted by Gasteiger charge is 2.37. The number of hydrogen-bond acceptors (Lipinski definition) is 6. The maximum absolute atomic E-state index is 14.4. The number of aliphatic carboxylic acids is 1. The minimum Gasteiger partial charge on any atom is -0.508 e. The molecular formula is C43H47N3O7. The highest BCUT2D eigenvalue weighted by atomic mass is 16.4. The van der Waals surface area contributed by atoms with E-state index in [9.17, 15) is 34.5 Å². The number of phenols is 2. The number of hydrogen-bond donors (Lipinski definition) is 4. The van der Waals surface area contributed by atoms with Crippen LogP contribution >= 0.6 is 0 Å². The Kier molecular flexibility index (Phi) is 14.5. The van der Waals surface area contributed by atoms with E-state index in [2.05, 4.69) is 18.3 Å². The van der Waals surface area contributed by atoms with Gasteiger partial charge in [0.2, 0.25) is 17.7 Å². The average Bonchev–Trinajstić information content (AvgIpc) is 3.16. The first-order valence-electron chi connectivity index (χ1n) is 17.6. The fourth-order valence-electron chi connectivity index (χ4n) is 5.87. The first-order chi connectivity index (χ1) is 25.4. The van der Waals surface area contributed by atoms with Crippen molar-refractivity contribution in [2.24, 2.45) is 0 Å². The summed E-state index contributed by atoms with van der Waals surface area (Å²) in [6.07, 6.45) is 9.21. The van der Waals surface area contributed by atoms with Gasteiger partial charge in [-0.3, -0.25) is 14.4 Å². The van der Waals surface area contributed by atoms with Crippen LogP contribution in [0.1, 0.15) is 47.6 Å². The largest absolute Gasteiger partial charge is 0.508 e. The van der Waals surface area contributed by atoms with Crippen LogP contribution in [-0.2, 0) is 38.4 Å². The zero-order valence-electron chi connectivity index (χ0n) is 30.3. The summed E-state index contributed by atoms with van der Waals surface area (Å²) in [6, 6.07) is 25.5. The molecule has 0 aliphatic heterocycles. The van der Waals surface area contributed by atoms with Gasteiger partial charge in [-0.15, -0.1) is 0 Å². The molecule has 0 radical (unpaired) electrons. The molecule has 276 valence electrons. The van der Waals surface area contributed by atoms with Crippen molar-refractivity contribution in [3.05, 3.63) is 143 Å². The number of phenolic OH excluding ortho intramolecular Hbond substituents is 2. The number of nitrogens with zero attached hydrogens (tertiary/aromatic N) is 2. The van der Waals surface area contributed by atoms with Gasteiger partial charge in [0.15, 0.2) is 0 Å². The molecule has 10 nitrogen and oxygen atoms in total. The third-order valence-corrected chi connectivity index (χ3v) is 8.93. The molecule has 3 amide bonds. The summed E-state index contributed by atoms with van der Waals surface area (Å²) in [4.78, 5) is 57.0. The molecule has 4 aromatic rings. The number of benzene rings is 4. The highest BCUT2D eigenvalue weighted by Crippen LogP contribution is 2.20. The smallest absolute Gasteiger partial charge is 0.326 e. The van der Waals surface area contributed by atoms with Crippen LogP contribution < -0.4 is 5.32 Å². The molecule has 0 aliphatic carbocycles. The van der Waals surface area contributed by atoms with Gasteiger partial charge in [0.25, 0.3) is 0 Å². The van der Waals surface area contributed by atoms with Crippen LogP contribution in [0.4, 0.5) is 0 Å². The van der Waals surface area contributed by atoms with E-state index in [0.717, 1.165) is 34.4 Å². The van der Waals surface area contributed by atoms with Crippen molar-refractivity contribution >= 4 is 35.8 Å². The SMILES string of the molecule is CCC/C=C/c1cccc(/C=C/C(=O)N[C@@H](Cc2ccc(O)cc2)C(=O)N(C)[C@@H](Cc2ccc(O)cc2)C(=O)N(C)[C@@H](Cc2ccccc2)C(=O)O)c1. The number of unbranched alkanes of at least 4 members (excludes halogenated alkanes) is 1. The maximum atomic E-state index is 14.4. The second-order valence-corrected chi connectivity index (χ2v) is 13.0. The van der Waals surface area contributed by atoms with Crippen LogP contribution in [0.2, 0.25) is 0 Å². The molecule has 53 heavy (non-hydrogen) atoms. The number of carbonyl (C=O) groups excluding carboxylic acids is 3. The van der Waals surface area contributed by atoms with Crippen molar-refractivity contribution in [3.63, 3.8) is 0 Å². The number of rotatable bonds is 17. The molecule has 4 N–H and O–H groups in total. The lowest BCUT2D eigenvalue weighted by atomic mass is 9.99. The third-order valence-electron chi connectivity index (χ3n) is 8.93. The van der Waals surface area contributed by atoms with Crippen LogP contribution in [0.25, 0.3) is 12.2 Å². The molecule has 0 saturated carbocycles. The monoisotopic (exact) mass is 717 g/mol. The number of nitrogens with one attached hydrogen (secondary N) is 1. The molecule has 0 spiro atoms. The van der Waals surface area contributed by atoms with Gasteiger partial charge in [-0.1, -0.05) is 98.3 Å². The average molecular weight is 718 g/mol. The van der Waals surface area contributed by atoms with Crippen molar-refractivity contribution in [2.75, 3.05) is 14.1 Å². The number of carbonyl (C=O) groups is 4. The third kappa shape index (κ3) is 12.0. The van der Waals surface area contributed by atoms with E-state index in [0.29, 0.717) is 11.1 Å². The van der Waals surface area contributed by atoms with Crippen LogP contribution in [0, 0.1) is 0 Å². The molecular weight excluding hydrogens is 670 g/mol. The molecule has 0 fully saturated rings. The van der Waals surface area contributed by atoms with Crippen molar-refractivity contribution in [1.82, 2.24) is 15.1 Å². The number of carboxylic acids is 1. The summed E-state index contributed by atoms with van der Waals surface area (Å²) in [7, 11) is 2.86. The number of amides is 3. The van der Waals surface area contributed by atoms with E-state index < -0.39 is 41.8 Å². The number of carboxylic acid groups (broad SMARTS) is 1. The van der Waals surface area contributed by atoms with E-state index in [4.69, 9.17) is 0 Å². The van der Waals surface area contributed by atoms with Gasteiger partial charge in [0.1, 0.15) is 29.6 Å². The van der Waals surface area contributed by atoms with E-state index in [1.54, 1.807) is 54.6 Å². The summed E-state index contributed by atoms with van der Waals surface area (Å²) in [6.45, 7) is 2.10. The Bertz CT molecular complexity index is 1890. The molecule has 4 rings (SSSR count). The van der Waals surface area contributed by atoms with E-state index in [1.807, 2.05) is 36.4 Å². The van der Waals surface area contributed by atoms with Gasteiger partial charge in [-0.2, -0.15) is 0 Å². The summed E-state index contributed by atoms with van der Waals surface area (Å²) >= 11 is 0. The predicted octanol–water partition coefficient (Wildman–Crippen LogP) is 5.88. The lowest BCUT2D eigenvalue weighted by molar-refractivity contribution is -0.153. The van der Waals surface area contributed by atoms with Crippen molar-refractivity contribution in [2.45, 2.75) is 57.2 Å². The molecule has 0 bridgehead atoms. The fraction of sp³-hybridized carbons (Fsp3) is 0.256. The van der Waals surface area contributed by atoms with E-state index in [1.165, 1.54) is 49.3 Å². The molecule has 0 aromatic heterocycles. The lowest BCUT2D eigenvalue weighted by Crippen LogP contribution is -2.57. The van der Waals surface area contributed by atoms with Gasteiger partial charge < -0.3 is 30.4 Å². The van der Waals surface area contributed by atoms with Gasteiger partial charge in [0.05, 0.1) is 0 Å². The van der Waals surface area contributed by atoms with Crippen molar-refractivity contribution < 1.29 is 34.5 Å². The Morgan fingerprint density at radius 2 is 1.19 bits per heavy atom. The Balaban J connectivity index is 1.63. The van der Waals surface area contributed by atoms with Crippen LogP contribution in [-0.4, -0.2) is 81.0 Å². The first kappa shape index (κ1) is 39.6. The summed E-state index contributed by atoms with van der Waals surface area (Å²) in [5.74, 6) is -2.86. The molecule has 3 atom stereocenters. The number of likely N-dealkylation sites (N-methyl/N-ethyl adjacent to an activating group) is 2. The Labute approximate surface area is 310 Å². The number of allylic oxidation sites excluding steroid dienone is 1. The Morgan fingerprint density at radius 3 is 1.77 bits per heavy atom. The topological polar surface area (TPSA) is 147 Å². The molecule has 0 saturated heterocycles. The summed E-state index contributed by atoms with van der Waals surface area (Å²) < 4.78 is 0. The first-order valence-corrected chi connectivity index (χ1v) is 17.6.